The number of benzene rings is 2. The van der Waals surface area contributed by atoms with Crippen LogP contribution in [0, 0.1) is 6.92 Å². The van der Waals surface area contributed by atoms with E-state index in [1.165, 1.54) is 27.3 Å². The first-order chi connectivity index (χ1) is 17.2. The molecule has 1 saturated heterocycles. The second-order valence-electron chi connectivity index (χ2n) is 8.86. The Morgan fingerprint density at radius 2 is 1.40 bits per heavy atom. The number of hydrogen-bond acceptors (Lipinski definition) is 7. The zero-order valence-electron chi connectivity index (χ0n) is 19.5. The van der Waals surface area contributed by atoms with Gasteiger partial charge in [0.25, 0.3) is 0 Å². The molecular weight excluding hydrogens is 474 g/mol. The molecule has 0 bridgehead atoms. The molecule has 1 aliphatic heterocycles. The number of hydrogen-bond donors (Lipinski definition) is 1. The molecule has 6 rings (SSSR count). The molecule has 8 heteroatoms. The minimum Gasteiger partial charge on any atom is -0.492 e. The number of nitrogens with zero attached hydrogens (tertiary/aromatic N) is 5. The van der Waals surface area contributed by atoms with Gasteiger partial charge in [0, 0.05) is 31.1 Å². The van der Waals surface area contributed by atoms with E-state index < -0.39 is 0 Å². The van der Waals surface area contributed by atoms with E-state index in [2.05, 4.69) is 98.1 Å². The molecule has 4 heterocycles. The van der Waals surface area contributed by atoms with Gasteiger partial charge in [0.1, 0.15) is 5.82 Å². The summed E-state index contributed by atoms with van der Waals surface area (Å²) in [5, 5.41) is 17.6. The summed E-state index contributed by atoms with van der Waals surface area (Å²) in [6, 6.07) is 26.1. The molecule has 2 aromatic carbocycles. The van der Waals surface area contributed by atoms with Crippen molar-refractivity contribution in [3.63, 3.8) is 0 Å². The first-order valence-electron chi connectivity index (χ1n) is 11.9. The SMILES string of the molecule is Cc1nc2sc([C@@H](c3cccs3)N3CCN(C(c4ccccc4)c4ccccc4)CC3)c(O)n2n1. The van der Waals surface area contributed by atoms with E-state index in [0.29, 0.717) is 5.82 Å². The highest BCUT2D eigenvalue weighted by Crippen LogP contribution is 2.42. The van der Waals surface area contributed by atoms with Crippen molar-refractivity contribution in [1.29, 1.82) is 0 Å². The maximum atomic E-state index is 11.1. The Morgan fingerprint density at radius 3 is 1.94 bits per heavy atom. The Bertz CT molecular complexity index is 1350. The molecule has 6 nitrogen and oxygen atoms in total. The highest BCUT2D eigenvalue weighted by molar-refractivity contribution is 7.17. The van der Waals surface area contributed by atoms with Gasteiger partial charge in [-0.2, -0.15) is 4.52 Å². The Morgan fingerprint density at radius 1 is 0.800 bits per heavy atom. The van der Waals surface area contributed by atoms with Crippen molar-refractivity contribution in [2.24, 2.45) is 0 Å². The van der Waals surface area contributed by atoms with E-state index in [1.54, 1.807) is 15.9 Å². The Hall–Kier alpha value is -3.04. The van der Waals surface area contributed by atoms with Gasteiger partial charge in [-0.25, -0.2) is 4.98 Å². The molecule has 1 aliphatic rings. The quantitative estimate of drug-likeness (QED) is 0.339. The summed E-state index contributed by atoms with van der Waals surface area (Å²) in [5.41, 5.74) is 2.64. The molecule has 1 atom stereocenters. The van der Waals surface area contributed by atoms with Gasteiger partial charge in [-0.1, -0.05) is 78.1 Å². The predicted molar refractivity (Wildman–Crippen MR) is 141 cm³/mol. The van der Waals surface area contributed by atoms with Crippen LogP contribution >= 0.6 is 22.7 Å². The van der Waals surface area contributed by atoms with Crippen molar-refractivity contribution in [2.45, 2.75) is 19.0 Å². The van der Waals surface area contributed by atoms with Gasteiger partial charge in [0.2, 0.25) is 10.8 Å². The maximum absolute atomic E-state index is 11.1. The second kappa shape index (κ2) is 9.54. The van der Waals surface area contributed by atoms with Crippen molar-refractivity contribution in [3.8, 4) is 5.88 Å². The fourth-order valence-electron chi connectivity index (χ4n) is 5.09. The summed E-state index contributed by atoms with van der Waals surface area (Å²) >= 11 is 3.27. The molecule has 1 fully saturated rings. The molecule has 178 valence electrons. The molecule has 3 aromatic heterocycles. The molecular formula is C27H27N5OS2. The first kappa shape index (κ1) is 22.4. The molecule has 0 aliphatic carbocycles. The summed E-state index contributed by atoms with van der Waals surface area (Å²) in [6.07, 6.45) is 0. The van der Waals surface area contributed by atoms with E-state index in [4.69, 9.17) is 0 Å². The second-order valence-corrected chi connectivity index (χ2v) is 10.8. The molecule has 0 unspecified atom stereocenters. The number of aromatic nitrogens is 3. The van der Waals surface area contributed by atoms with Crippen LogP contribution in [0.2, 0.25) is 0 Å². The van der Waals surface area contributed by atoms with Crippen molar-refractivity contribution in [2.75, 3.05) is 26.2 Å². The molecule has 0 radical (unpaired) electrons. The number of aromatic hydroxyl groups is 1. The molecule has 5 aromatic rings. The standard InChI is InChI=1S/C27H27N5OS2/c1-19-28-27-32(29-19)26(33)25(35-27)24(22-13-8-18-34-22)31-16-14-30(15-17-31)23(20-9-4-2-5-10-20)21-11-6-3-7-12-21/h2-13,18,23-24,33H,14-17H2,1H3/t24-/m1/s1. The van der Waals surface area contributed by atoms with Crippen LogP contribution in [0.5, 0.6) is 5.88 Å². The van der Waals surface area contributed by atoms with E-state index in [9.17, 15) is 5.11 Å². The van der Waals surface area contributed by atoms with Crippen LogP contribution in [-0.4, -0.2) is 55.7 Å². The largest absolute Gasteiger partial charge is 0.492 e. The summed E-state index contributed by atoms with van der Waals surface area (Å²) in [6.45, 7) is 5.55. The summed E-state index contributed by atoms with van der Waals surface area (Å²) < 4.78 is 1.58. The smallest absolute Gasteiger partial charge is 0.230 e. The maximum Gasteiger partial charge on any atom is 0.230 e. The average Bonchev–Trinajstić information content (AvgIpc) is 3.61. The summed E-state index contributed by atoms with van der Waals surface area (Å²) in [4.78, 5) is 12.5. The van der Waals surface area contributed by atoms with Gasteiger partial charge < -0.3 is 5.11 Å². The first-order valence-corrected chi connectivity index (χ1v) is 13.5. The zero-order valence-corrected chi connectivity index (χ0v) is 21.1. The van der Waals surface area contributed by atoms with Crippen molar-refractivity contribution in [1.82, 2.24) is 24.4 Å². The van der Waals surface area contributed by atoms with Gasteiger partial charge in [0.05, 0.1) is 17.0 Å². The highest BCUT2D eigenvalue weighted by Gasteiger charge is 2.34. The highest BCUT2D eigenvalue weighted by atomic mass is 32.1. The van der Waals surface area contributed by atoms with Crippen LogP contribution in [0.4, 0.5) is 0 Å². The average molecular weight is 502 g/mol. The van der Waals surface area contributed by atoms with Crippen LogP contribution in [0.25, 0.3) is 4.96 Å². The van der Waals surface area contributed by atoms with Crippen LogP contribution < -0.4 is 0 Å². The van der Waals surface area contributed by atoms with Crippen LogP contribution in [0.3, 0.4) is 0 Å². The van der Waals surface area contributed by atoms with E-state index in [-0.39, 0.29) is 18.0 Å². The van der Waals surface area contributed by atoms with E-state index >= 15 is 0 Å². The Kier molecular flexibility index (Phi) is 6.12. The van der Waals surface area contributed by atoms with Crippen molar-refractivity contribution < 1.29 is 5.11 Å². The monoisotopic (exact) mass is 501 g/mol. The van der Waals surface area contributed by atoms with Crippen LogP contribution in [0.15, 0.2) is 78.2 Å². The number of rotatable bonds is 6. The normalized spacial score (nSPS) is 16.3. The van der Waals surface area contributed by atoms with Crippen LogP contribution in [-0.2, 0) is 0 Å². The number of thiophene rings is 1. The number of aryl methyl sites for hydroxylation is 1. The van der Waals surface area contributed by atoms with Gasteiger partial charge in [-0.3, -0.25) is 9.80 Å². The van der Waals surface area contributed by atoms with Gasteiger partial charge in [0.15, 0.2) is 0 Å². The minimum absolute atomic E-state index is 0.00198. The predicted octanol–water partition coefficient (Wildman–Crippen LogP) is 5.36. The Balaban J connectivity index is 1.29. The fraction of sp³-hybridized carbons (Fsp3) is 0.259. The fourth-order valence-corrected chi connectivity index (χ4v) is 7.18. The molecule has 0 saturated carbocycles. The molecule has 1 N–H and O–H groups in total. The molecule has 0 spiro atoms. The van der Waals surface area contributed by atoms with E-state index in [1.807, 2.05) is 6.92 Å². The third-order valence-corrected chi connectivity index (χ3v) is 8.67. The molecule has 35 heavy (non-hydrogen) atoms. The third-order valence-electron chi connectivity index (χ3n) is 6.68. The van der Waals surface area contributed by atoms with E-state index in [0.717, 1.165) is 36.0 Å². The summed E-state index contributed by atoms with van der Waals surface area (Å²) in [5.74, 6) is 0.880. The lowest BCUT2D eigenvalue weighted by atomic mass is 9.96. The molecule has 0 amide bonds. The van der Waals surface area contributed by atoms with Crippen molar-refractivity contribution in [3.05, 3.63) is 105 Å². The number of piperazine rings is 1. The van der Waals surface area contributed by atoms with Gasteiger partial charge >= 0.3 is 0 Å². The number of thiazole rings is 1. The zero-order chi connectivity index (χ0) is 23.8. The van der Waals surface area contributed by atoms with Crippen LogP contribution in [0.1, 0.15) is 38.8 Å². The van der Waals surface area contributed by atoms with Crippen molar-refractivity contribution >= 4 is 27.6 Å². The Labute approximate surface area is 212 Å². The third kappa shape index (κ3) is 4.27. The lowest BCUT2D eigenvalue weighted by Gasteiger charge is -2.42. The lowest BCUT2D eigenvalue weighted by Crippen LogP contribution is -2.48. The summed E-state index contributed by atoms with van der Waals surface area (Å²) in [7, 11) is 0. The van der Waals surface area contributed by atoms with Gasteiger partial charge in [-0.15, -0.1) is 16.4 Å². The van der Waals surface area contributed by atoms with Gasteiger partial charge in [-0.05, 0) is 29.5 Å². The lowest BCUT2D eigenvalue weighted by molar-refractivity contribution is 0.0908. The topological polar surface area (TPSA) is 56.9 Å². The minimum atomic E-state index is -0.00198. The number of fused-ring (bicyclic) bond motifs is 1.